The minimum atomic E-state index is -0.839. The van der Waals surface area contributed by atoms with Crippen LogP contribution >= 0.6 is 0 Å². The van der Waals surface area contributed by atoms with E-state index >= 15 is 0 Å². The molecule has 1 amide bonds. The number of aryl methyl sites for hydroxylation is 1. The van der Waals surface area contributed by atoms with Crippen molar-refractivity contribution in [3.05, 3.63) is 23.7 Å². The third-order valence-electron chi connectivity index (χ3n) is 3.05. The average molecular weight is 237 g/mol. The first kappa shape index (κ1) is 11.7. The van der Waals surface area contributed by atoms with Gasteiger partial charge in [-0.05, 0) is 18.6 Å². The molecule has 2 rings (SSSR count). The number of hydrogen-bond acceptors (Lipinski definition) is 3. The van der Waals surface area contributed by atoms with E-state index in [4.69, 9.17) is 9.52 Å². The van der Waals surface area contributed by atoms with E-state index in [9.17, 15) is 9.59 Å². The molecular weight excluding hydrogens is 222 g/mol. The van der Waals surface area contributed by atoms with Crippen molar-refractivity contribution >= 4 is 11.9 Å². The van der Waals surface area contributed by atoms with Crippen LogP contribution in [0.5, 0.6) is 0 Å². The van der Waals surface area contributed by atoms with Crippen molar-refractivity contribution in [3.8, 4) is 0 Å². The molecular formula is C12H15NO4. The minimum Gasteiger partial charge on any atom is -0.481 e. The van der Waals surface area contributed by atoms with E-state index in [2.05, 4.69) is 0 Å². The number of amides is 1. The molecule has 1 aliphatic heterocycles. The molecule has 1 aliphatic rings. The molecule has 17 heavy (non-hydrogen) atoms. The fourth-order valence-electron chi connectivity index (χ4n) is 1.99. The predicted molar refractivity (Wildman–Crippen MR) is 59.7 cm³/mol. The van der Waals surface area contributed by atoms with Crippen LogP contribution in [0.1, 0.15) is 29.7 Å². The van der Waals surface area contributed by atoms with E-state index in [0.717, 1.165) is 12.2 Å². The zero-order valence-electron chi connectivity index (χ0n) is 9.68. The van der Waals surface area contributed by atoms with Gasteiger partial charge in [-0.25, -0.2) is 0 Å². The zero-order chi connectivity index (χ0) is 12.4. The first-order valence-electron chi connectivity index (χ1n) is 5.72. The minimum absolute atomic E-state index is 0.214. The Morgan fingerprint density at radius 2 is 2.29 bits per heavy atom. The van der Waals surface area contributed by atoms with Crippen molar-refractivity contribution in [2.24, 2.45) is 5.92 Å². The van der Waals surface area contributed by atoms with Gasteiger partial charge in [-0.3, -0.25) is 9.59 Å². The topological polar surface area (TPSA) is 70.8 Å². The van der Waals surface area contributed by atoms with Crippen LogP contribution < -0.4 is 0 Å². The number of carbonyl (C=O) groups is 2. The van der Waals surface area contributed by atoms with Crippen molar-refractivity contribution in [1.29, 1.82) is 0 Å². The Balaban J connectivity index is 2.04. The van der Waals surface area contributed by atoms with E-state index in [-0.39, 0.29) is 12.5 Å². The zero-order valence-corrected chi connectivity index (χ0v) is 9.68. The van der Waals surface area contributed by atoms with Gasteiger partial charge in [0.25, 0.3) is 5.91 Å². The molecule has 5 heteroatoms. The van der Waals surface area contributed by atoms with Gasteiger partial charge in [0.2, 0.25) is 0 Å². The largest absolute Gasteiger partial charge is 0.481 e. The highest BCUT2D eigenvalue weighted by atomic mass is 16.4. The summed E-state index contributed by atoms with van der Waals surface area (Å²) in [6, 6.07) is 3.42. The molecule has 1 N–H and O–H groups in total. The van der Waals surface area contributed by atoms with Gasteiger partial charge < -0.3 is 14.4 Å². The lowest BCUT2D eigenvalue weighted by molar-refractivity contribution is -0.141. The quantitative estimate of drug-likeness (QED) is 0.862. The maximum absolute atomic E-state index is 12.0. The molecule has 1 atom stereocenters. The first-order chi connectivity index (χ1) is 8.11. The van der Waals surface area contributed by atoms with Gasteiger partial charge in [0, 0.05) is 19.5 Å². The maximum atomic E-state index is 12.0. The van der Waals surface area contributed by atoms with E-state index in [1.807, 2.05) is 6.92 Å². The lowest BCUT2D eigenvalue weighted by Gasteiger charge is -2.13. The number of aliphatic carboxylic acids is 1. The lowest BCUT2D eigenvalue weighted by Crippen LogP contribution is -2.29. The van der Waals surface area contributed by atoms with Crippen molar-refractivity contribution in [2.75, 3.05) is 13.1 Å². The number of carboxylic acids is 1. The summed E-state index contributed by atoms with van der Waals surface area (Å²) in [6.45, 7) is 2.71. The molecule has 0 saturated carbocycles. The van der Waals surface area contributed by atoms with Gasteiger partial charge in [-0.15, -0.1) is 0 Å². The van der Waals surface area contributed by atoms with Gasteiger partial charge >= 0.3 is 5.97 Å². The summed E-state index contributed by atoms with van der Waals surface area (Å²) in [6.07, 6.45) is 1.26. The van der Waals surface area contributed by atoms with E-state index in [1.54, 1.807) is 12.1 Å². The molecule has 0 bridgehead atoms. The van der Waals surface area contributed by atoms with Gasteiger partial charge in [-0.2, -0.15) is 0 Å². The fourth-order valence-corrected chi connectivity index (χ4v) is 1.99. The van der Waals surface area contributed by atoms with Crippen molar-refractivity contribution in [2.45, 2.75) is 19.8 Å². The number of carboxylic acid groups (broad SMARTS) is 1. The van der Waals surface area contributed by atoms with Crippen LogP contribution in [0.25, 0.3) is 0 Å². The number of furan rings is 1. The Labute approximate surface area is 99.0 Å². The molecule has 0 spiro atoms. The number of nitrogens with zero attached hydrogens (tertiary/aromatic N) is 1. The second kappa shape index (κ2) is 4.61. The predicted octanol–water partition coefficient (Wildman–Crippen LogP) is 1.39. The van der Waals surface area contributed by atoms with Crippen LogP contribution in [0.15, 0.2) is 16.5 Å². The smallest absolute Gasteiger partial charge is 0.308 e. The summed E-state index contributed by atoms with van der Waals surface area (Å²) < 4.78 is 5.36. The van der Waals surface area contributed by atoms with Crippen LogP contribution in [0.4, 0.5) is 0 Å². The summed E-state index contributed by atoms with van der Waals surface area (Å²) in [5.74, 6) is -0.433. The molecule has 2 heterocycles. The van der Waals surface area contributed by atoms with Crippen LogP contribution in [0.2, 0.25) is 0 Å². The summed E-state index contributed by atoms with van der Waals surface area (Å²) >= 11 is 0. The van der Waals surface area contributed by atoms with Gasteiger partial charge in [0.05, 0.1) is 5.92 Å². The van der Waals surface area contributed by atoms with E-state index < -0.39 is 11.9 Å². The number of likely N-dealkylation sites (tertiary alicyclic amines) is 1. The normalized spacial score (nSPS) is 19.6. The molecule has 0 radical (unpaired) electrons. The fraction of sp³-hybridized carbons (Fsp3) is 0.500. The number of rotatable bonds is 3. The van der Waals surface area contributed by atoms with Crippen LogP contribution in [-0.4, -0.2) is 35.0 Å². The van der Waals surface area contributed by atoms with Crippen molar-refractivity contribution in [1.82, 2.24) is 4.90 Å². The van der Waals surface area contributed by atoms with Gasteiger partial charge in [0.1, 0.15) is 5.76 Å². The monoisotopic (exact) mass is 237 g/mol. The summed E-state index contributed by atoms with van der Waals surface area (Å²) in [5, 5.41) is 8.86. The van der Waals surface area contributed by atoms with Crippen LogP contribution in [0, 0.1) is 5.92 Å². The highest BCUT2D eigenvalue weighted by Gasteiger charge is 2.32. The van der Waals surface area contributed by atoms with E-state index in [1.165, 1.54) is 4.90 Å². The molecule has 0 aromatic carbocycles. The number of carbonyl (C=O) groups excluding carboxylic acids is 1. The van der Waals surface area contributed by atoms with E-state index in [0.29, 0.717) is 18.7 Å². The second-order valence-corrected chi connectivity index (χ2v) is 4.19. The average Bonchev–Trinajstić information content (AvgIpc) is 2.97. The molecule has 92 valence electrons. The molecule has 1 aromatic rings. The highest BCUT2D eigenvalue weighted by Crippen LogP contribution is 2.20. The van der Waals surface area contributed by atoms with Gasteiger partial charge in [0.15, 0.2) is 5.76 Å². The molecule has 1 fully saturated rings. The third kappa shape index (κ3) is 2.33. The summed E-state index contributed by atoms with van der Waals surface area (Å²) in [5.41, 5.74) is 0. The Kier molecular flexibility index (Phi) is 3.17. The molecule has 1 saturated heterocycles. The highest BCUT2D eigenvalue weighted by molar-refractivity contribution is 5.92. The Morgan fingerprint density at radius 3 is 2.82 bits per heavy atom. The Morgan fingerprint density at radius 1 is 1.53 bits per heavy atom. The molecule has 0 aliphatic carbocycles. The standard InChI is InChI=1S/C12H15NO4/c1-2-9-3-4-10(17-9)11(14)13-6-5-8(7-13)12(15)16/h3-4,8H,2,5-7H2,1H3,(H,15,16). The van der Waals surface area contributed by atoms with Crippen LogP contribution in [0.3, 0.4) is 0 Å². The Bertz CT molecular complexity index is 437. The first-order valence-corrected chi connectivity index (χ1v) is 5.72. The summed E-state index contributed by atoms with van der Waals surface area (Å²) in [4.78, 5) is 24.3. The van der Waals surface area contributed by atoms with Gasteiger partial charge in [-0.1, -0.05) is 6.92 Å². The third-order valence-corrected chi connectivity index (χ3v) is 3.05. The maximum Gasteiger partial charge on any atom is 0.308 e. The Hall–Kier alpha value is -1.78. The lowest BCUT2D eigenvalue weighted by atomic mass is 10.1. The molecule has 1 aromatic heterocycles. The summed E-state index contributed by atoms with van der Waals surface area (Å²) in [7, 11) is 0. The van der Waals surface area contributed by atoms with Crippen LogP contribution in [-0.2, 0) is 11.2 Å². The second-order valence-electron chi connectivity index (χ2n) is 4.19. The van der Waals surface area contributed by atoms with Crippen molar-refractivity contribution < 1.29 is 19.1 Å². The molecule has 5 nitrogen and oxygen atoms in total. The number of hydrogen-bond donors (Lipinski definition) is 1. The molecule has 1 unspecified atom stereocenters. The van der Waals surface area contributed by atoms with Crippen molar-refractivity contribution in [3.63, 3.8) is 0 Å². The SMILES string of the molecule is CCc1ccc(C(=O)N2CCC(C(=O)O)C2)o1.